The van der Waals surface area contributed by atoms with E-state index < -0.39 is 9.85 Å². The van der Waals surface area contributed by atoms with Gasteiger partial charge in [0.2, 0.25) is 6.33 Å². The molecule has 0 spiro atoms. The van der Waals surface area contributed by atoms with Crippen LogP contribution in [0.2, 0.25) is 0 Å². The van der Waals surface area contributed by atoms with Gasteiger partial charge in [-0.15, -0.1) is 0 Å². The molecule has 0 saturated carbocycles. The van der Waals surface area contributed by atoms with Gasteiger partial charge < -0.3 is 40.2 Å². The van der Waals surface area contributed by atoms with Crippen molar-refractivity contribution in [2.75, 3.05) is 7.05 Å². The van der Waals surface area contributed by atoms with Crippen molar-refractivity contribution in [1.82, 2.24) is 24.0 Å². The normalized spacial score (nSPS) is 9.29. The number of carbonyl (C=O) groups is 1. The molecule has 15 nitrogen and oxygen atoms in total. The first-order chi connectivity index (χ1) is 16.6. The Hall–Kier alpha value is -4.56. The van der Waals surface area contributed by atoms with Gasteiger partial charge in [0.1, 0.15) is 6.20 Å². The summed E-state index contributed by atoms with van der Waals surface area (Å²) in [6, 6.07) is 6.04. The van der Waals surface area contributed by atoms with Crippen LogP contribution in [0.15, 0.2) is 49.2 Å². The van der Waals surface area contributed by atoms with Gasteiger partial charge in [0, 0.05) is 25.7 Å². The van der Waals surface area contributed by atoms with Crippen LogP contribution in [0.5, 0.6) is 0 Å². The molecule has 1 N–H and O–H groups in total. The van der Waals surface area contributed by atoms with Gasteiger partial charge in [0.15, 0.2) is 6.54 Å². The van der Waals surface area contributed by atoms with E-state index in [0.717, 1.165) is 0 Å². The van der Waals surface area contributed by atoms with Gasteiger partial charge in [-0.25, -0.2) is 9.13 Å². The third kappa shape index (κ3) is 10.3. The topological polar surface area (TPSA) is 186 Å². The summed E-state index contributed by atoms with van der Waals surface area (Å²) in [5, 5.41) is 33.1. The Kier molecular flexibility index (Phi) is 14.0. The van der Waals surface area contributed by atoms with E-state index >= 15 is 0 Å². The number of nitrogens with zero attached hydrogens (tertiary/aromatic N) is 7. The van der Waals surface area contributed by atoms with E-state index in [-0.39, 0.29) is 34.8 Å². The number of hydrogen-bond acceptors (Lipinski definition) is 8. The number of aromatic nitrogens is 4. The van der Waals surface area contributed by atoms with Crippen molar-refractivity contribution in [2.45, 2.75) is 47.3 Å². The van der Waals surface area contributed by atoms with Crippen LogP contribution in [0.25, 0.3) is 0 Å². The molecule has 0 atom stereocenters. The summed E-state index contributed by atoms with van der Waals surface area (Å²) in [5.41, 5.74) is 0. The SMILES string of the molecule is CC.CCn1cccc1[N+](=O)[O-].CCn1cnc([N+](=O)[O-])c1.CNC(=O)Cn1cccc1[N+](=O)[O-]. The molecule has 3 heterocycles. The van der Waals surface area contributed by atoms with Crippen LogP contribution in [-0.2, 0) is 24.4 Å². The molecule has 0 unspecified atom stereocenters. The monoisotopic (exact) mass is 494 g/mol. The summed E-state index contributed by atoms with van der Waals surface area (Å²) in [4.78, 5) is 43.7. The average Bonchev–Trinajstić information content (AvgIpc) is 3.61. The molecular weight excluding hydrogens is 464 g/mol. The third-order valence-electron chi connectivity index (χ3n) is 4.09. The van der Waals surface area contributed by atoms with E-state index in [9.17, 15) is 35.1 Å². The molecule has 1 amide bonds. The largest absolute Gasteiger partial charge is 0.381 e. The third-order valence-corrected chi connectivity index (χ3v) is 4.09. The van der Waals surface area contributed by atoms with E-state index in [1.807, 2.05) is 27.7 Å². The maximum atomic E-state index is 10.9. The summed E-state index contributed by atoms with van der Waals surface area (Å²) in [5.74, 6) is -0.285. The van der Waals surface area contributed by atoms with E-state index in [0.29, 0.717) is 13.1 Å². The Labute approximate surface area is 201 Å². The zero-order valence-corrected chi connectivity index (χ0v) is 20.2. The average molecular weight is 495 g/mol. The van der Waals surface area contributed by atoms with Crippen LogP contribution < -0.4 is 5.32 Å². The highest BCUT2D eigenvalue weighted by Gasteiger charge is 2.13. The lowest BCUT2D eigenvalue weighted by molar-refractivity contribution is -0.392. The van der Waals surface area contributed by atoms with Crippen LogP contribution in [0.1, 0.15) is 27.7 Å². The van der Waals surface area contributed by atoms with Gasteiger partial charge >= 0.3 is 17.5 Å². The Morgan fingerprint density at radius 1 is 0.914 bits per heavy atom. The highest BCUT2D eigenvalue weighted by Crippen LogP contribution is 2.11. The zero-order valence-electron chi connectivity index (χ0n) is 20.2. The summed E-state index contributed by atoms with van der Waals surface area (Å²) < 4.78 is 4.51. The molecule has 0 aliphatic rings. The van der Waals surface area contributed by atoms with E-state index in [1.165, 1.54) is 48.5 Å². The number of rotatable bonds is 7. The van der Waals surface area contributed by atoms with E-state index in [4.69, 9.17) is 0 Å². The maximum Gasteiger partial charge on any atom is 0.381 e. The lowest BCUT2D eigenvalue weighted by Crippen LogP contribution is -2.23. The highest BCUT2D eigenvalue weighted by molar-refractivity contribution is 5.75. The number of hydrogen-bond donors (Lipinski definition) is 1. The van der Waals surface area contributed by atoms with Gasteiger partial charge in [-0.2, -0.15) is 0 Å². The number of aryl methyl sites for hydroxylation is 2. The van der Waals surface area contributed by atoms with Gasteiger partial charge in [-0.3, -0.25) is 4.79 Å². The predicted octanol–water partition coefficient (Wildman–Crippen LogP) is 3.40. The van der Waals surface area contributed by atoms with Crippen LogP contribution >= 0.6 is 0 Å². The summed E-state index contributed by atoms with van der Waals surface area (Å²) in [7, 11) is 1.48. The lowest BCUT2D eigenvalue weighted by Gasteiger charge is -1.99. The van der Waals surface area contributed by atoms with Gasteiger partial charge in [0.05, 0.1) is 18.9 Å². The van der Waals surface area contributed by atoms with Crippen LogP contribution in [0.4, 0.5) is 17.5 Å². The van der Waals surface area contributed by atoms with E-state index in [1.54, 1.807) is 21.4 Å². The van der Waals surface area contributed by atoms with Crippen LogP contribution in [0, 0.1) is 30.3 Å². The smallest absolute Gasteiger partial charge is 0.358 e. The van der Waals surface area contributed by atoms with Crippen LogP contribution in [-0.4, -0.2) is 46.4 Å². The Balaban J connectivity index is 0.000000483. The second kappa shape index (κ2) is 16.1. The molecule has 0 bridgehead atoms. The summed E-state index contributed by atoms with van der Waals surface area (Å²) in [6.45, 7) is 9.09. The molecule has 35 heavy (non-hydrogen) atoms. The maximum absolute atomic E-state index is 10.9. The van der Waals surface area contributed by atoms with Gasteiger partial charge in [-0.1, -0.05) is 13.8 Å². The number of imidazole rings is 1. The van der Waals surface area contributed by atoms with E-state index in [2.05, 4.69) is 10.3 Å². The number of amides is 1. The van der Waals surface area contributed by atoms with Crippen molar-refractivity contribution in [3.8, 4) is 0 Å². The molecule has 3 aromatic heterocycles. The highest BCUT2D eigenvalue weighted by atomic mass is 16.6. The fourth-order valence-corrected chi connectivity index (χ4v) is 2.39. The van der Waals surface area contributed by atoms with Crippen molar-refractivity contribution in [1.29, 1.82) is 0 Å². The summed E-state index contributed by atoms with van der Waals surface area (Å²) >= 11 is 0. The van der Waals surface area contributed by atoms with Crippen molar-refractivity contribution < 1.29 is 19.6 Å². The molecule has 0 fully saturated rings. The number of nitrogens with one attached hydrogen (secondary N) is 1. The number of likely N-dealkylation sites (N-methyl/N-ethyl adjacent to an activating group) is 1. The molecule has 0 radical (unpaired) electrons. The zero-order chi connectivity index (χ0) is 27.0. The second-order valence-electron chi connectivity index (χ2n) is 6.15. The van der Waals surface area contributed by atoms with Gasteiger partial charge in [-0.05, 0) is 45.7 Å². The van der Waals surface area contributed by atoms with Crippen molar-refractivity contribution >= 4 is 23.4 Å². The van der Waals surface area contributed by atoms with Crippen LogP contribution in [0.3, 0.4) is 0 Å². The molecular formula is C20H30N8O7. The first-order valence-electron chi connectivity index (χ1n) is 10.6. The molecule has 0 saturated heterocycles. The minimum absolute atomic E-state index is 0.0280. The fraction of sp³-hybridized carbons (Fsp3) is 0.400. The number of carbonyl (C=O) groups excluding carboxylic acids is 1. The Bertz CT molecular complexity index is 1090. The quantitative estimate of drug-likeness (QED) is 0.382. The molecule has 3 rings (SSSR count). The first-order valence-corrected chi connectivity index (χ1v) is 10.6. The molecule has 15 heteroatoms. The first kappa shape index (κ1) is 30.4. The van der Waals surface area contributed by atoms with Gasteiger partial charge in [0.25, 0.3) is 5.91 Å². The Morgan fingerprint density at radius 2 is 1.43 bits per heavy atom. The second-order valence-corrected chi connectivity index (χ2v) is 6.15. The lowest BCUT2D eigenvalue weighted by atomic mass is 10.5. The van der Waals surface area contributed by atoms with Crippen molar-refractivity contribution in [2.24, 2.45) is 0 Å². The molecule has 0 aromatic carbocycles. The fourth-order valence-electron chi connectivity index (χ4n) is 2.39. The molecule has 0 aliphatic carbocycles. The number of nitro groups is 3. The summed E-state index contributed by atoms with van der Waals surface area (Å²) in [6.07, 6.45) is 6.03. The van der Waals surface area contributed by atoms with Crippen molar-refractivity contribution in [3.63, 3.8) is 0 Å². The standard InChI is InChI=1S/C7H9N3O3.C6H8N2O2.C5H7N3O2.C2H6/c1-8-6(11)5-9-4-2-3-7(9)10(12)13;1-2-7-5-3-4-6(7)8(9)10;1-2-7-3-5(6-4-7)8(9)10;1-2/h2-4H,5H2,1H3,(H,8,11);3-5H,2H2,1H3;3-4H,2H2,1H3;1-2H3. The molecule has 192 valence electrons. The Morgan fingerprint density at radius 3 is 1.77 bits per heavy atom. The predicted molar refractivity (Wildman–Crippen MR) is 128 cm³/mol. The molecule has 3 aromatic rings. The molecule has 0 aliphatic heterocycles. The van der Waals surface area contributed by atoms with Crippen molar-refractivity contribution in [3.05, 3.63) is 79.5 Å². The minimum atomic E-state index is -0.525. The minimum Gasteiger partial charge on any atom is -0.358 e.